The average molecular weight is 229 g/mol. The summed E-state index contributed by atoms with van der Waals surface area (Å²) in [6.07, 6.45) is 4.80. The summed E-state index contributed by atoms with van der Waals surface area (Å²) in [6.45, 7) is 1.66. The van der Waals surface area contributed by atoms with Crippen molar-refractivity contribution in [2.24, 2.45) is 4.99 Å². The molecule has 0 spiro atoms. The van der Waals surface area contributed by atoms with Crippen LogP contribution >= 0.6 is 0 Å². The second kappa shape index (κ2) is 4.10. The highest BCUT2D eigenvalue weighted by Crippen LogP contribution is 2.44. The van der Waals surface area contributed by atoms with Crippen molar-refractivity contribution in [2.45, 2.75) is 30.7 Å². The first-order chi connectivity index (χ1) is 8.34. The van der Waals surface area contributed by atoms with Crippen LogP contribution in [0, 0.1) is 0 Å². The topological polar surface area (TPSA) is 38.7 Å². The first kappa shape index (κ1) is 10.7. The molecule has 0 atom stereocenters. The van der Waals surface area contributed by atoms with Crippen molar-refractivity contribution in [2.75, 3.05) is 13.2 Å². The van der Waals surface area contributed by atoms with Gasteiger partial charge in [0.15, 0.2) is 0 Å². The first-order valence-electron chi connectivity index (χ1n) is 6.11. The van der Waals surface area contributed by atoms with Gasteiger partial charge in [-0.25, -0.2) is 4.79 Å². The molecule has 2 fully saturated rings. The van der Waals surface area contributed by atoms with Gasteiger partial charge in [0.2, 0.25) is 6.08 Å². The number of nitrogens with zero attached hydrogens (tertiary/aromatic N) is 1. The van der Waals surface area contributed by atoms with Gasteiger partial charge in [0, 0.05) is 5.92 Å². The van der Waals surface area contributed by atoms with Crippen LogP contribution in [-0.2, 0) is 15.1 Å². The van der Waals surface area contributed by atoms with E-state index >= 15 is 0 Å². The summed E-state index contributed by atoms with van der Waals surface area (Å²) in [7, 11) is 0. The predicted molar refractivity (Wildman–Crippen MR) is 63.7 cm³/mol. The summed E-state index contributed by atoms with van der Waals surface area (Å²) in [5.41, 5.74) is 2.21. The van der Waals surface area contributed by atoms with E-state index in [1.165, 1.54) is 5.56 Å². The molecule has 1 aromatic rings. The molecule has 1 saturated heterocycles. The Morgan fingerprint density at radius 3 is 2.35 bits per heavy atom. The quantitative estimate of drug-likeness (QED) is 0.590. The lowest BCUT2D eigenvalue weighted by molar-refractivity contribution is 0.00840. The Balaban J connectivity index is 1.85. The number of aliphatic imine (C=N–C) groups is 1. The number of ether oxygens (including phenoxy) is 1. The molecule has 1 saturated carbocycles. The average Bonchev–Trinajstić information content (AvgIpc) is 2.22. The maximum atomic E-state index is 10.5. The highest BCUT2D eigenvalue weighted by atomic mass is 16.5. The molecule has 1 aliphatic heterocycles. The standard InChI is InChI=1S/C14H15NO2/c16-10-15-14(6-1-7-14)13-4-2-11(3-5-13)12-8-17-9-12/h2-5,12H,1,6-9H2. The fourth-order valence-electron chi connectivity index (χ4n) is 2.56. The Morgan fingerprint density at radius 1 is 1.24 bits per heavy atom. The third-order valence-electron chi connectivity index (χ3n) is 4.00. The lowest BCUT2D eigenvalue weighted by Gasteiger charge is -2.37. The molecule has 3 rings (SSSR count). The number of benzene rings is 1. The molecule has 0 N–H and O–H groups in total. The van der Waals surface area contributed by atoms with E-state index in [1.807, 2.05) is 0 Å². The maximum Gasteiger partial charge on any atom is 0.235 e. The van der Waals surface area contributed by atoms with Crippen molar-refractivity contribution in [3.05, 3.63) is 35.4 Å². The highest BCUT2D eigenvalue weighted by Gasteiger charge is 2.38. The van der Waals surface area contributed by atoms with Crippen LogP contribution < -0.4 is 0 Å². The third-order valence-corrected chi connectivity index (χ3v) is 4.00. The monoisotopic (exact) mass is 229 g/mol. The normalized spacial score (nSPS) is 22.1. The largest absolute Gasteiger partial charge is 0.380 e. The number of hydrogen-bond acceptors (Lipinski definition) is 3. The number of carbonyl (C=O) groups excluding carboxylic acids is 1. The molecule has 0 aromatic heterocycles. The molecular weight excluding hydrogens is 214 g/mol. The van der Waals surface area contributed by atoms with Gasteiger partial charge in [0.1, 0.15) is 0 Å². The fourth-order valence-corrected chi connectivity index (χ4v) is 2.56. The molecule has 88 valence electrons. The van der Waals surface area contributed by atoms with Crippen molar-refractivity contribution in [1.29, 1.82) is 0 Å². The number of hydrogen-bond donors (Lipinski definition) is 0. The van der Waals surface area contributed by atoms with E-state index in [0.717, 1.165) is 38.0 Å². The number of rotatable bonds is 3. The Bertz CT molecular complexity index is 452. The molecule has 1 aliphatic carbocycles. The van der Waals surface area contributed by atoms with Crippen molar-refractivity contribution >= 4 is 6.08 Å². The minimum Gasteiger partial charge on any atom is -0.380 e. The van der Waals surface area contributed by atoms with E-state index in [0.29, 0.717) is 5.92 Å². The second-order valence-electron chi connectivity index (χ2n) is 4.94. The van der Waals surface area contributed by atoms with Crippen LogP contribution in [0.1, 0.15) is 36.3 Å². The van der Waals surface area contributed by atoms with Gasteiger partial charge in [-0.15, -0.1) is 0 Å². The summed E-state index contributed by atoms with van der Waals surface area (Å²) in [4.78, 5) is 14.5. The van der Waals surface area contributed by atoms with Crippen molar-refractivity contribution in [3.8, 4) is 0 Å². The number of isocyanates is 1. The van der Waals surface area contributed by atoms with E-state index in [-0.39, 0.29) is 5.54 Å². The van der Waals surface area contributed by atoms with Crippen molar-refractivity contribution in [1.82, 2.24) is 0 Å². The molecule has 3 nitrogen and oxygen atoms in total. The Hall–Kier alpha value is -1.44. The van der Waals surface area contributed by atoms with Crippen LogP contribution in [0.5, 0.6) is 0 Å². The predicted octanol–water partition coefficient (Wildman–Crippen LogP) is 2.52. The van der Waals surface area contributed by atoms with Crippen LogP contribution in [0.25, 0.3) is 0 Å². The van der Waals surface area contributed by atoms with Gasteiger partial charge in [-0.1, -0.05) is 24.3 Å². The summed E-state index contributed by atoms with van der Waals surface area (Å²) in [5.74, 6) is 0.552. The Labute approximate surface area is 101 Å². The summed E-state index contributed by atoms with van der Waals surface area (Å²) < 4.78 is 5.19. The van der Waals surface area contributed by atoms with E-state index in [9.17, 15) is 4.79 Å². The SMILES string of the molecule is O=C=NC1(c2ccc(C3COC3)cc2)CCC1. The van der Waals surface area contributed by atoms with Gasteiger partial charge in [0.05, 0.1) is 18.8 Å². The zero-order chi connectivity index (χ0) is 11.7. The van der Waals surface area contributed by atoms with E-state index in [4.69, 9.17) is 4.74 Å². The van der Waals surface area contributed by atoms with Gasteiger partial charge in [-0.3, -0.25) is 0 Å². The van der Waals surface area contributed by atoms with Crippen molar-refractivity contribution in [3.63, 3.8) is 0 Å². The summed E-state index contributed by atoms with van der Waals surface area (Å²) >= 11 is 0. The molecule has 0 radical (unpaired) electrons. The van der Waals surface area contributed by atoms with Crippen LogP contribution in [0.4, 0.5) is 0 Å². The molecular formula is C14H15NO2. The van der Waals surface area contributed by atoms with Gasteiger partial charge in [0.25, 0.3) is 0 Å². The van der Waals surface area contributed by atoms with Gasteiger partial charge < -0.3 is 4.74 Å². The Kier molecular flexibility index (Phi) is 2.58. The fraction of sp³-hybridized carbons (Fsp3) is 0.500. The van der Waals surface area contributed by atoms with Gasteiger partial charge in [-0.05, 0) is 30.4 Å². The molecule has 17 heavy (non-hydrogen) atoms. The third kappa shape index (κ3) is 1.72. The molecule has 0 amide bonds. The van der Waals surface area contributed by atoms with Gasteiger partial charge >= 0.3 is 0 Å². The molecule has 3 heteroatoms. The van der Waals surface area contributed by atoms with Crippen molar-refractivity contribution < 1.29 is 9.53 Å². The summed E-state index contributed by atoms with van der Waals surface area (Å²) in [6, 6.07) is 8.49. The summed E-state index contributed by atoms with van der Waals surface area (Å²) in [5, 5.41) is 0. The highest BCUT2D eigenvalue weighted by molar-refractivity contribution is 5.40. The van der Waals surface area contributed by atoms with Crippen LogP contribution in [0.2, 0.25) is 0 Å². The minimum atomic E-state index is -0.267. The maximum absolute atomic E-state index is 10.5. The first-order valence-corrected chi connectivity index (χ1v) is 6.11. The lowest BCUT2D eigenvalue weighted by Crippen LogP contribution is -2.32. The second-order valence-corrected chi connectivity index (χ2v) is 4.94. The lowest BCUT2D eigenvalue weighted by atomic mass is 9.72. The van der Waals surface area contributed by atoms with Crippen LogP contribution in [-0.4, -0.2) is 19.3 Å². The van der Waals surface area contributed by atoms with Gasteiger partial charge in [-0.2, -0.15) is 4.99 Å². The minimum absolute atomic E-state index is 0.267. The smallest absolute Gasteiger partial charge is 0.235 e. The van der Waals surface area contributed by atoms with E-state index in [2.05, 4.69) is 29.3 Å². The zero-order valence-electron chi connectivity index (χ0n) is 9.69. The van der Waals surface area contributed by atoms with E-state index < -0.39 is 0 Å². The van der Waals surface area contributed by atoms with Crippen LogP contribution in [0.3, 0.4) is 0 Å². The molecule has 1 aromatic carbocycles. The molecule has 0 bridgehead atoms. The van der Waals surface area contributed by atoms with E-state index in [1.54, 1.807) is 6.08 Å². The zero-order valence-corrected chi connectivity index (χ0v) is 9.69. The molecule has 2 aliphatic rings. The molecule has 1 heterocycles. The van der Waals surface area contributed by atoms with Crippen LogP contribution in [0.15, 0.2) is 29.3 Å². The Morgan fingerprint density at radius 2 is 1.94 bits per heavy atom. The molecule has 0 unspecified atom stereocenters.